The van der Waals surface area contributed by atoms with Gasteiger partial charge in [-0.25, -0.2) is 4.98 Å². The highest BCUT2D eigenvalue weighted by Crippen LogP contribution is 1.93. The van der Waals surface area contributed by atoms with Gasteiger partial charge >= 0.3 is 0 Å². The molecular weight excluding hydrogens is 637 g/mol. The smallest absolute Gasteiger partial charge is 0.180 e. The van der Waals surface area contributed by atoms with Gasteiger partial charge < -0.3 is 8.83 Å². The number of nitrogens with zero attached hydrogens (tertiary/aromatic N) is 6. The first-order chi connectivity index (χ1) is 24.0. The van der Waals surface area contributed by atoms with E-state index in [2.05, 4.69) is 63.1 Å². The first kappa shape index (κ1) is 40.2. The standard InChI is InChI=1S/C6H6.C5H5N.C5H6.C4H4N2.C4H5N.C4H4O.C4H4S.C3H3NO.C3H3NS/c2*1-2-4-6-5-3-1;1-2-4-5-3-1;1-2-6-4-3-5-1;3*1-2-4-5-3-1;2*1-2-5-3-4-1/h1-6H;1-5H;1-4H,5H2;1-4H;1,3-4H,2H2;2*1-4H;2*1-3H. The molecule has 0 amide bonds. The van der Waals surface area contributed by atoms with E-state index in [0.717, 1.165) is 12.8 Å². The van der Waals surface area contributed by atoms with E-state index in [9.17, 15) is 0 Å². The molecule has 0 saturated carbocycles. The number of hydrogen-bond donors (Lipinski definition) is 0. The minimum Gasteiger partial charge on any atom is -0.473 e. The van der Waals surface area contributed by atoms with Gasteiger partial charge in [0.2, 0.25) is 0 Å². The van der Waals surface area contributed by atoms with E-state index >= 15 is 0 Å². The quantitative estimate of drug-likeness (QED) is 0.157. The summed E-state index contributed by atoms with van der Waals surface area (Å²) in [5.74, 6) is 0. The van der Waals surface area contributed by atoms with E-state index in [1.54, 1.807) is 96.5 Å². The zero-order valence-electron chi connectivity index (χ0n) is 26.5. The number of pyridine rings is 1. The van der Waals surface area contributed by atoms with Gasteiger partial charge in [0.15, 0.2) is 6.39 Å². The average Bonchev–Trinajstić information content (AvgIpc) is 4.03. The van der Waals surface area contributed by atoms with Gasteiger partial charge in [-0.1, -0.05) is 85.0 Å². The molecule has 0 unspecified atom stereocenters. The van der Waals surface area contributed by atoms with E-state index in [1.807, 2.05) is 107 Å². The molecule has 1 aliphatic carbocycles. The Labute approximate surface area is 291 Å². The second-order valence-corrected chi connectivity index (χ2v) is 9.63. The van der Waals surface area contributed by atoms with Crippen LogP contribution in [0.3, 0.4) is 0 Å². The molecule has 8 nitrogen and oxygen atoms in total. The fraction of sp³-hybridized carbons (Fsp3) is 0.0526. The third-order valence-electron chi connectivity index (χ3n) is 4.45. The Balaban J connectivity index is 0.000000270. The number of thiophene rings is 1. The van der Waals surface area contributed by atoms with E-state index in [4.69, 9.17) is 0 Å². The molecule has 1 aromatic carbocycles. The summed E-state index contributed by atoms with van der Waals surface area (Å²) in [6.07, 6.45) is 35.8. The van der Waals surface area contributed by atoms with Crippen molar-refractivity contribution in [2.24, 2.45) is 4.99 Å². The zero-order valence-corrected chi connectivity index (χ0v) is 28.1. The number of allylic oxidation sites excluding steroid dienone is 5. The van der Waals surface area contributed by atoms with Gasteiger partial charge in [0.25, 0.3) is 0 Å². The van der Waals surface area contributed by atoms with Crippen molar-refractivity contribution in [1.82, 2.24) is 24.9 Å². The van der Waals surface area contributed by atoms with Crippen LogP contribution in [0.2, 0.25) is 0 Å². The summed E-state index contributed by atoms with van der Waals surface area (Å²) in [5.41, 5.74) is 1.79. The lowest BCUT2D eigenvalue weighted by atomic mass is 10.4. The molecule has 6 aromatic heterocycles. The Morgan fingerprint density at radius 1 is 0.417 bits per heavy atom. The summed E-state index contributed by atoms with van der Waals surface area (Å²) < 4.78 is 9.06. The van der Waals surface area contributed by atoms with Crippen LogP contribution in [0.5, 0.6) is 0 Å². The predicted molar refractivity (Wildman–Crippen MR) is 200 cm³/mol. The molecule has 10 heteroatoms. The SMILES string of the molecule is C1=CCC=C1.C1=CN=CC1.c1ccccc1.c1ccncc1.c1ccoc1.c1ccsc1.c1cnccn1.c1cocn1.c1cscn1. The third-order valence-corrected chi connectivity index (χ3v) is 5.60. The number of benzene rings is 1. The van der Waals surface area contributed by atoms with E-state index in [0.29, 0.717) is 0 Å². The van der Waals surface area contributed by atoms with Crippen molar-refractivity contribution in [1.29, 1.82) is 0 Å². The number of aliphatic imine (C=N–C) groups is 1. The monoisotopic (exact) mass is 676 g/mol. The van der Waals surface area contributed by atoms with Gasteiger partial charge in [-0.05, 0) is 41.4 Å². The zero-order chi connectivity index (χ0) is 33.9. The van der Waals surface area contributed by atoms with Crippen LogP contribution in [0.15, 0.2) is 226 Å². The molecule has 246 valence electrons. The van der Waals surface area contributed by atoms with Gasteiger partial charge in [-0.3, -0.25) is 24.9 Å². The molecule has 0 N–H and O–H groups in total. The number of oxazole rings is 1. The van der Waals surface area contributed by atoms with Gasteiger partial charge in [0.05, 0.1) is 24.2 Å². The Morgan fingerprint density at radius 3 is 1.21 bits per heavy atom. The Morgan fingerprint density at radius 2 is 1.02 bits per heavy atom. The molecule has 0 atom stereocenters. The van der Waals surface area contributed by atoms with Crippen LogP contribution in [0.25, 0.3) is 0 Å². The predicted octanol–water partition coefficient (Wildman–Crippen LogP) is 10.6. The van der Waals surface area contributed by atoms with Crippen LogP contribution in [0.1, 0.15) is 12.8 Å². The Hall–Kier alpha value is -5.84. The minimum absolute atomic E-state index is 1.03. The summed E-state index contributed by atoms with van der Waals surface area (Å²) in [7, 11) is 0. The lowest BCUT2D eigenvalue weighted by molar-refractivity contribution is 0.558. The molecule has 0 spiro atoms. The first-order valence-electron chi connectivity index (χ1n) is 14.6. The average molecular weight is 677 g/mol. The van der Waals surface area contributed by atoms with E-state index < -0.39 is 0 Å². The molecule has 0 radical (unpaired) electrons. The van der Waals surface area contributed by atoms with Crippen LogP contribution in [-0.4, -0.2) is 31.1 Å². The maximum atomic E-state index is 4.58. The molecule has 0 bridgehead atoms. The van der Waals surface area contributed by atoms with Crippen LogP contribution in [-0.2, 0) is 0 Å². The van der Waals surface area contributed by atoms with Gasteiger partial charge in [0, 0.05) is 67.6 Å². The highest BCUT2D eigenvalue weighted by atomic mass is 32.1. The Bertz CT molecular complexity index is 1170. The number of rotatable bonds is 0. The molecule has 7 aromatic rings. The molecule has 48 heavy (non-hydrogen) atoms. The van der Waals surface area contributed by atoms with Crippen LogP contribution >= 0.6 is 22.7 Å². The lowest BCUT2D eigenvalue weighted by Crippen LogP contribution is -1.66. The highest BCUT2D eigenvalue weighted by molar-refractivity contribution is 7.07. The van der Waals surface area contributed by atoms with Gasteiger partial charge in [-0.15, -0.1) is 11.3 Å². The molecule has 2 aliphatic rings. The summed E-state index contributed by atoms with van der Waals surface area (Å²) in [6.45, 7) is 0. The van der Waals surface area contributed by atoms with Gasteiger partial charge in [0.1, 0.15) is 6.26 Å². The number of hydrogen-bond acceptors (Lipinski definition) is 10. The molecule has 1 aliphatic heterocycles. The maximum absolute atomic E-state index is 4.58. The van der Waals surface area contributed by atoms with E-state index in [1.165, 1.54) is 12.7 Å². The summed E-state index contributed by atoms with van der Waals surface area (Å²) in [4.78, 5) is 22.3. The topological polar surface area (TPSA) is 103 Å². The van der Waals surface area contributed by atoms with Crippen LogP contribution in [0.4, 0.5) is 0 Å². The van der Waals surface area contributed by atoms with Crippen molar-refractivity contribution < 1.29 is 8.83 Å². The molecule has 0 fully saturated rings. The Kier molecular flexibility index (Phi) is 31.3. The lowest BCUT2D eigenvalue weighted by Gasteiger charge is -1.70. The van der Waals surface area contributed by atoms with Crippen molar-refractivity contribution in [3.05, 3.63) is 212 Å². The maximum Gasteiger partial charge on any atom is 0.180 e. The highest BCUT2D eigenvalue weighted by Gasteiger charge is 1.73. The van der Waals surface area contributed by atoms with Crippen molar-refractivity contribution >= 4 is 28.9 Å². The second-order valence-electron chi connectivity index (χ2n) is 8.06. The molecule has 7 heterocycles. The number of furan rings is 1. The summed E-state index contributed by atoms with van der Waals surface area (Å²) in [5, 5.41) is 6.01. The van der Waals surface area contributed by atoms with Crippen LogP contribution < -0.4 is 0 Å². The first-order valence-corrected chi connectivity index (χ1v) is 16.5. The normalized spacial score (nSPS) is 10.0. The second kappa shape index (κ2) is 37.3. The molecular formula is C38H40N6O2S2. The van der Waals surface area contributed by atoms with Crippen molar-refractivity contribution in [3.8, 4) is 0 Å². The third kappa shape index (κ3) is 34.6. The fourth-order valence-corrected chi connectivity index (χ4v) is 3.26. The van der Waals surface area contributed by atoms with E-state index in [-0.39, 0.29) is 0 Å². The van der Waals surface area contributed by atoms with Gasteiger partial charge in [-0.2, -0.15) is 11.3 Å². The van der Waals surface area contributed by atoms with Crippen LogP contribution in [0, 0.1) is 0 Å². The molecule has 9 rings (SSSR count). The summed E-state index contributed by atoms with van der Waals surface area (Å²) >= 11 is 3.31. The largest absolute Gasteiger partial charge is 0.473 e. The number of aromatic nitrogens is 5. The summed E-state index contributed by atoms with van der Waals surface area (Å²) in [6, 6.07) is 25.4. The molecule has 0 saturated heterocycles. The minimum atomic E-state index is 1.03. The van der Waals surface area contributed by atoms with Crippen molar-refractivity contribution in [2.75, 3.05) is 0 Å². The van der Waals surface area contributed by atoms with Crippen molar-refractivity contribution in [2.45, 2.75) is 12.8 Å². The fourth-order valence-electron chi connectivity index (χ4n) is 2.45. The van der Waals surface area contributed by atoms with Crippen molar-refractivity contribution in [3.63, 3.8) is 0 Å². The number of thiazole rings is 1.